The molecular formula is C18H25NO2. The molecule has 0 aromatic heterocycles. The van der Waals surface area contributed by atoms with Crippen molar-refractivity contribution in [1.82, 2.24) is 5.32 Å². The molecule has 0 aliphatic carbocycles. The number of para-hydroxylation sites is 1. The number of rotatable bonds is 5. The standard InChI is InChI=1S/C18H25NO2/c1-12(2)21-18-6-4-3-5-16(18)17(20)11-13-9-14-7-8-15(10-13)19-14/h3-6,12-15,19H,7-11H2,1-2H3. The minimum absolute atomic E-state index is 0.0914. The summed E-state index contributed by atoms with van der Waals surface area (Å²) < 4.78 is 5.78. The maximum atomic E-state index is 12.6. The second kappa shape index (κ2) is 6.18. The Morgan fingerprint density at radius 3 is 2.57 bits per heavy atom. The maximum absolute atomic E-state index is 12.6. The summed E-state index contributed by atoms with van der Waals surface area (Å²) in [4.78, 5) is 12.6. The van der Waals surface area contributed by atoms with E-state index in [0.717, 1.165) is 24.2 Å². The number of ketones is 1. The van der Waals surface area contributed by atoms with E-state index in [1.54, 1.807) is 0 Å². The Morgan fingerprint density at radius 1 is 1.24 bits per heavy atom. The lowest BCUT2D eigenvalue weighted by Crippen LogP contribution is -2.38. The molecule has 1 N–H and O–H groups in total. The number of benzene rings is 1. The van der Waals surface area contributed by atoms with Crippen molar-refractivity contribution in [2.24, 2.45) is 5.92 Å². The first-order valence-electron chi connectivity index (χ1n) is 8.16. The molecule has 3 nitrogen and oxygen atoms in total. The summed E-state index contributed by atoms with van der Waals surface area (Å²) in [6.07, 6.45) is 5.61. The fourth-order valence-electron chi connectivity index (χ4n) is 3.77. The van der Waals surface area contributed by atoms with Crippen LogP contribution in [0.15, 0.2) is 24.3 Å². The number of hydrogen-bond donors (Lipinski definition) is 1. The van der Waals surface area contributed by atoms with Gasteiger partial charge in [-0.2, -0.15) is 0 Å². The lowest BCUT2D eigenvalue weighted by molar-refractivity contribution is 0.0939. The Morgan fingerprint density at radius 2 is 1.90 bits per heavy atom. The zero-order valence-electron chi connectivity index (χ0n) is 13.0. The van der Waals surface area contributed by atoms with Gasteiger partial charge in [-0.1, -0.05) is 12.1 Å². The van der Waals surface area contributed by atoms with Crippen LogP contribution in [0.5, 0.6) is 5.75 Å². The number of ether oxygens (including phenoxy) is 1. The van der Waals surface area contributed by atoms with Gasteiger partial charge in [-0.15, -0.1) is 0 Å². The number of hydrogen-bond acceptors (Lipinski definition) is 3. The van der Waals surface area contributed by atoms with Gasteiger partial charge >= 0.3 is 0 Å². The van der Waals surface area contributed by atoms with E-state index in [2.05, 4.69) is 5.32 Å². The van der Waals surface area contributed by atoms with Crippen LogP contribution in [0.3, 0.4) is 0 Å². The Hall–Kier alpha value is -1.35. The number of carbonyl (C=O) groups is 1. The molecule has 2 heterocycles. The number of piperidine rings is 1. The predicted octanol–water partition coefficient (Wildman–Crippen LogP) is 3.58. The van der Waals surface area contributed by atoms with Gasteiger partial charge < -0.3 is 10.1 Å². The second-order valence-electron chi connectivity index (χ2n) is 6.77. The SMILES string of the molecule is CC(C)Oc1ccccc1C(=O)CC1CC2CCC(C1)N2. The van der Waals surface area contributed by atoms with Crippen LogP contribution in [-0.2, 0) is 0 Å². The van der Waals surface area contributed by atoms with E-state index in [9.17, 15) is 4.79 Å². The molecule has 1 aromatic rings. The van der Waals surface area contributed by atoms with Crippen LogP contribution in [0, 0.1) is 5.92 Å². The highest BCUT2D eigenvalue weighted by molar-refractivity contribution is 5.98. The third-order valence-electron chi connectivity index (χ3n) is 4.59. The van der Waals surface area contributed by atoms with E-state index in [-0.39, 0.29) is 11.9 Å². The molecule has 2 fully saturated rings. The van der Waals surface area contributed by atoms with Crippen molar-refractivity contribution < 1.29 is 9.53 Å². The van der Waals surface area contributed by atoms with E-state index < -0.39 is 0 Å². The molecule has 2 atom stereocenters. The molecule has 0 amide bonds. The molecular weight excluding hydrogens is 262 g/mol. The molecule has 114 valence electrons. The molecule has 2 aliphatic heterocycles. The topological polar surface area (TPSA) is 38.3 Å². The van der Waals surface area contributed by atoms with E-state index in [0.29, 0.717) is 24.4 Å². The summed E-state index contributed by atoms with van der Waals surface area (Å²) in [6.45, 7) is 3.98. The van der Waals surface area contributed by atoms with Crippen LogP contribution in [0.25, 0.3) is 0 Å². The van der Waals surface area contributed by atoms with Crippen molar-refractivity contribution in [3.63, 3.8) is 0 Å². The highest BCUT2D eigenvalue weighted by Crippen LogP contribution is 2.34. The van der Waals surface area contributed by atoms with Gasteiger partial charge in [-0.25, -0.2) is 0 Å². The molecule has 0 radical (unpaired) electrons. The largest absolute Gasteiger partial charge is 0.490 e. The smallest absolute Gasteiger partial charge is 0.166 e. The van der Waals surface area contributed by atoms with Gasteiger partial charge in [0.2, 0.25) is 0 Å². The van der Waals surface area contributed by atoms with Crippen LogP contribution < -0.4 is 10.1 Å². The summed E-state index contributed by atoms with van der Waals surface area (Å²) in [7, 11) is 0. The highest BCUT2D eigenvalue weighted by Gasteiger charge is 2.34. The summed E-state index contributed by atoms with van der Waals surface area (Å²) in [5.74, 6) is 1.50. The van der Waals surface area contributed by atoms with Gasteiger partial charge in [-0.3, -0.25) is 4.79 Å². The lowest BCUT2D eigenvalue weighted by atomic mass is 9.87. The average Bonchev–Trinajstić information content (AvgIpc) is 2.78. The van der Waals surface area contributed by atoms with E-state index in [1.165, 1.54) is 12.8 Å². The van der Waals surface area contributed by atoms with Gasteiger partial charge in [0.15, 0.2) is 5.78 Å². The minimum Gasteiger partial charge on any atom is -0.490 e. The number of nitrogens with one attached hydrogen (secondary N) is 1. The number of fused-ring (bicyclic) bond motifs is 2. The summed E-state index contributed by atoms with van der Waals surface area (Å²) in [5, 5.41) is 3.63. The van der Waals surface area contributed by atoms with Crippen molar-refractivity contribution in [2.45, 2.75) is 64.1 Å². The molecule has 2 saturated heterocycles. The minimum atomic E-state index is 0.0914. The molecule has 0 saturated carbocycles. The van der Waals surface area contributed by atoms with E-state index >= 15 is 0 Å². The quantitative estimate of drug-likeness (QED) is 0.841. The van der Waals surface area contributed by atoms with Gasteiger partial charge in [-0.05, 0) is 57.6 Å². The van der Waals surface area contributed by atoms with Crippen molar-refractivity contribution in [1.29, 1.82) is 0 Å². The van der Waals surface area contributed by atoms with Crippen LogP contribution in [0.2, 0.25) is 0 Å². The van der Waals surface area contributed by atoms with Crippen molar-refractivity contribution in [3.8, 4) is 5.75 Å². The van der Waals surface area contributed by atoms with E-state index in [4.69, 9.17) is 4.74 Å². The zero-order valence-corrected chi connectivity index (χ0v) is 13.0. The van der Waals surface area contributed by atoms with Crippen molar-refractivity contribution in [2.75, 3.05) is 0 Å². The molecule has 2 unspecified atom stereocenters. The molecule has 2 aliphatic rings. The summed E-state index contributed by atoms with van der Waals surface area (Å²) >= 11 is 0. The van der Waals surface area contributed by atoms with Gasteiger partial charge in [0.1, 0.15) is 5.75 Å². The van der Waals surface area contributed by atoms with Crippen molar-refractivity contribution >= 4 is 5.78 Å². The van der Waals surface area contributed by atoms with Crippen molar-refractivity contribution in [3.05, 3.63) is 29.8 Å². The summed E-state index contributed by atoms with van der Waals surface area (Å²) in [6, 6.07) is 8.94. The first kappa shape index (κ1) is 14.6. The Labute approximate surface area is 127 Å². The van der Waals surface area contributed by atoms with Crippen LogP contribution in [0.1, 0.15) is 56.3 Å². The highest BCUT2D eigenvalue weighted by atomic mass is 16.5. The number of carbonyl (C=O) groups excluding carboxylic acids is 1. The fourth-order valence-corrected chi connectivity index (χ4v) is 3.77. The first-order chi connectivity index (χ1) is 10.1. The molecule has 21 heavy (non-hydrogen) atoms. The van der Waals surface area contributed by atoms with Gasteiger partial charge in [0.05, 0.1) is 11.7 Å². The second-order valence-corrected chi connectivity index (χ2v) is 6.77. The van der Waals surface area contributed by atoms with Gasteiger partial charge in [0.25, 0.3) is 0 Å². The molecule has 0 spiro atoms. The normalized spacial score (nSPS) is 27.9. The fraction of sp³-hybridized carbons (Fsp3) is 0.611. The third-order valence-corrected chi connectivity index (χ3v) is 4.59. The monoisotopic (exact) mass is 287 g/mol. The third kappa shape index (κ3) is 3.46. The van der Waals surface area contributed by atoms with E-state index in [1.807, 2.05) is 38.1 Å². The lowest BCUT2D eigenvalue weighted by Gasteiger charge is -2.28. The molecule has 3 heteroatoms. The molecule has 2 bridgehead atoms. The molecule has 3 rings (SSSR count). The Kier molecular flexibility index (Phi) is 4.29. The summed E-state index contributed by atoms with van der Waals surface area (Å²) in [5.41, 5.74) is 0.747. The first-order valence-corrected chi connectivity index (χ1v) is 8.16. The Bertz CT molecular complexity index is 500. The molecule has 1 aromatic carbocycles. The van der Waals surface area contributed by atoms with Crippen LogP contribution in [-0.4, -0.2) is 24.0 Å². The van der Waals surface area contributed by atoms with Gasteiger partial charge in [0, 0.05) is 18.5 Å². The predicted molar refractivity (Wildman–Crippen MR) is 83.8 cm³/mol. The Balaban J connectivity index is 1.68. The van der Waals surface area contributed by atoms with Crippen LogP contribution >= 0.6 is 0 Å². The average molecular weight is 287 g/mol. The van der Waals surface area contributed by atoms with Crippen LogP contribution in [0.4, 0.5) is 0 Å². The zero-order chi connectivity index (χ0) is 14.8. The number of Topliss-reactive ketones (excluding diaryl/α,β-unsaturated/α-hetero) is 1. The maximum Gasteiger partial charge on any atom is 0.166 e.